The van der Waals surface area contributed by atoms with Crippen molar-refractivity contribution in [3.63, 3.8) is 0 Å². The highest BCUT2D eigenvalue weighted by molar-refractivity contribution is 6.04. The first-order valence-electron chi connectivity index (χ1n) is 9.40. The lowest BCUT2D eigenvalue weighted by atomic mass is 10.1. The smallest absolute Gasteiger partial charge is 0.255 e. The molecular formula is C24H24N2O. The summed E-state index contributed by atoms with van der Waals surface area (Å²) in [5.74, 6) is -0.0729. The van der Waals surface area contributed by atoms with Crippen molar-refractivity contribution in [2.24, 2.45) is 0 Å². The molecule has 1 N–H and O–H groups in total. The highest BCUT2D eigenvalue weighted by Crippen LogP contribution is 2.28. The van der Waals surface area contributed by atoms with Gasteiger partial charge in [0.05, 0.1) is 0 Å². The van der Waals surface area contributed by atoms with Gasteiger partial charge in [0, 0.05) is 30.0 Å². The molecule has 3 aromatic carbocycles. The maximum atomic E-state index is 12.5. The Morgan fingerprint density at radius 2 is 1.74 bits per heavy atom. The fraction of sp³-hybridized carbons (Fsp3) is 0.208. The number of rotatable bonds is 4. The number of fused-ring (bicyclic) bond motifs is 1. The number of anilines is 2. The van der Waals surface area contributed by atoms with Gasteiger partial charge in [0.15, 0.2) is 0 Å². The van der Waals surface area contributed by atoms with E-state index in [1.165, 1.54) is 27.9 Å². The van der Waals surface area contributed by atoms with Gasteiger partial charge in [-0.1, -0.05) is 36.4 Å². The Labute approximate surface area is 160 Å². The van der Waals surface area contributed by atoms with Crippen LogP contribution in [0.1, 0.15) is 32.6 Å². The van der Waals surface area contributed by atoms with Gasteiger partial charge in [0.25, 0.3) is 5.91 Å². The Balaban J connectivity index is 1.43. The van der Waals surface area contributed by atoms with Gasteiger partial charge >= 0.3 is 0 Å². The first-order valence-corrected chi connectivity index (χ1v) is 9.40. The minimum absolute atomic E-state index is 0.0729. The standard InChI is InChI=1S/C24H24N2O/c1-17-7-12-22(15-18(17)2)25-24(27)21-10-8-19(9-11-21)16-26-14-13-20-5-3-4-6-23(20)26/h3-12,15H,13-14,16H2,1-2H3,(H,25,27). The number of aryl methyl sites for hydroxylation is 2. The molecule has 1 aliphatic heterocycles. The molecule has 136 valence electrons. The van der Waals surface area contributed by atoms with Gasteiger partial charge in [0.1, 0.15) is 0 Å². The first-order chi connectivity index (χ1) is 13.1. The number of carbonyl (C=O) groups excluding carboxylic acids is 1. The van der Waals surface area contributed by atoms with E-state index in [-0.39, 0.29) is 5.91 Å². The number of nitrogens with one attached hydrogen (secondary N) is 1. The van der Waals surface area contributed by atoms with E-state index in [1.807, 2.05) is 30.3 Å². The van der Waals surface area contributed by atoms with Crippen LogP contribution in [0.3, 0.4) is 0 Å². The van der Waals surface area contributed by atoms with E-state index in [2.05, 4.69) is 60.5 Å². The normalized spacial score (nSPS) is 12.7. The minimum Gasteiger partial charge on any atom is -0.367 e. The number of para-hydroxylation sites is 1. The van der Waals surface area contributed by atoms with Crippen LogP contribution < -0.4 is 10.2 Å². The van der Waals surface area contributed by atoms with Gasteiger partial charge in [-0.05, 0) is 72.9 Å². The fourth-order valence-corrected chi connectivity index (χ4v) is 3.58. The SMILES string of the molecule is Cc1ccc(NC(=O)c2ccc(CN3CCc4ccccc43)cc2)cc1C. The number of benzene rings is 3. The quantitative estimate of drug-likeness (QED) is 0.704. The molecule has 3 heteroatoms. The molecule has 27 heavy (non-hydrogen) atoms. The molecule has 1 aliphatic rings. The van der Waals surface area contributed by atoms with Gasteiger partial charge in [-0.15, -0.1) is 0 Å². The van der Waals surface area contributed by atoms with Crippen molar-refractivity contribution < 1.29 is 4.79 Å². The zero-order valence-corrected chi connectivity index (χ0v) is 15.8. The first kappa shape index (κ1) is 17.3. The lowest BCUT2D eigenvalue weighted by molar-refractivity contribution is 0.102. The molecule has 0 saturated carbocycles. The van der Waals surface area contributed by atoms with Gasteiger partial charge in [0.2, 0.25) is 0 Å². The summed E-state index contributed by atoms with van der Waals surface area (Å²) in [5.41, 5.74) is 7.87. The third-order valence-electron chi connectivity index (χ3n) is 5.34. The molecule has 0 unspecified atom stereocenters. The minimum atomic E-state index is -0.0729. The summed E-state index contributed by atoms with van der Waals surface area (Å²) >= 11 is 0. The van der Waals surface area contributed by atoms with Gasteiger partial charge < -0.3 is 10.2 Å². The highest BCUT2D eigenvalue weighted by atomic mass is 16.1. The van der Waals surface area contributed by atoms with Gasteiger partial charge in [-0.2, -0.15) is 0 Å². The second kappa shape index (κ2) is 7.28. The molecule has 0 saturated heterocycles. The maximum Gasteiger partial charge on any atom is 0.255 e. The fourth-order valence-electron chi connectivity index (χ4n) is 3.58. The summed E-state index contributed by atoms with van der Waals surface area (Å²) < 4.78 is 0. The van der Waals surface area contributed by atoms with E-state index in [4.69, 9.17) is 0 Å². The van der Waals surface area contributed by atoms with Crippen molar-refractivity contribution in [2.45, 2.75) is 26.8 Å². The van der Waals surface area contributed by atoms with Crippen LogP contribution in [0.4, 0.5) is 11.4 Å². The average molecular weight is 356 g/mol. The molecule has 0 radical (unpaired) electrons. The van der Waals surface area contributed by atoms with E-state index in [0.29, 0.717) is 5.56 Å². The van der Waals surface area contributed by atoms with E-state index >= 15 is 0 Å². The Kier molecular flexibility index (Phi) is 4.68. The lowest BCUT2D eigenvalue weighted by Gasteiger charge is -2.19. The molecule has 0 aromatic heterocycles. The van der Waals surface area contributed by atoms with Crippen LogP contribution in [0.5, 0.6) is 0 Å². The van der Waals surface area contributed by atoms with E-state index in [0.717, 1.165) is 25.2 Å². The summed E-state index contributed by atoms with van der Waals surface area (Å²) in [7, 11) is 0. The van der Waals surface area contributed by atoms with Crippen molar-refractivity contribution in [3.05, 3.63) is 94.5 Å². The topological polar surface area (TPSA) is 32.3 Å². The second-order valence-electron chi connectivity index (χ2n) is 7.25. The monoisotopic (exact) mass is 356 g/mol. The molecule has 4 rings (SSSR count). The molecule has 1 amide bonds. The van der Waals surface area contributed by atoms with Crippen LogP contribution in [0.25, 0.3) is 0 Å². The van der Waals surface area contributed by atoms with Crippen molar-refractivity contribution in [1.82, 2.24) is 0 Å². The number of nitrogens with zero attached hydrogens (tertiary/aromatic N) is 1. The molecule has 0 atom stereocenters. The molecule has 0 bridgehead atoms. The van der Waals surface area contributed by atoms with E-state index < -0.39 is 0 Å². The molecule has 3 aromatic rings. The Morgan fingerprint density at radius 1 is 0.963 bits per heavy atom. The Morgan fingerprint density at radius 3 is 2.52 bits per heavy atom. The molecule has 3 nitrogen and oxygen atoms in total. The molecule has 0 aliphatic carbocycles. The summed E-state index contributed by atoms with van der Waals surface area (Å²) in [4.78, 5) is 14.9. The highest BCUT2D eigenvalue weighted by Gasteiger charge is 2.18. The maximum absolute atomic E-state index is 12.5. The summed E-state index contributed by atoms with van der Waals surface area (Å²) in [5, 5.41) is 2.98. The predicted octanol–water partition coefficient (Wildman–Crippen LogP) is 5.12. The zero-order chi connectivity index (χ0) is 18.8. The second-order valence-corrected chi connectivity index (χ2v) is 7.25. The number of carbonyl (C=O) groups is 1. The third-order valence-corrected chi connectivity index (χ3v) is 5.34. The average Bonchev–Trinajstić information content (AvgIpc) is 3.08. The predicted molar refractivity (Wildman–Crippen MR) is 112 cm³/mol. The largest absolute Gasteiger partial charge is 0.367 e. The van der Waals surface area contributed by atoms with Crippen LogP contribution in [0.2, 0.25) is 0 Å². The molecule has 0 fully saturated rings. The van der Waals surface area contributed by atoms with E-state index in [9.17, 15) is 4.79 Å². The zero-order valence-electron chi connectivity index (χ0n) is 15.8. The number of hydrogen-bond donors (Lipinski definition) is 1. The van der Waals surface area contributed by atoms with Crippen LogP contribution in [0, 0.1) is 13.8 Å². The third kappa shape index (κ3) is 3.72. The van der Waals surface area contributed by atoms with Gasteiger partial charge in [-0.25, -0.2) is 0 Å². The molecule has 0 spiro atoms. The van der Waals surface area contributed by atoms with Gasteiger partial charge in [-0.3, -0.25) is 4.79 Å². The Bertz CT molecular complexity index is 976. The number of amides is 1. The van der Waals surface area contributed by atoms with Crippen LogP contribution in [-0.4, -0.2) is 12.5 Å². The Hall–Kier alpha value is -3.07. The van der Waals surface area contributed by atoms with Crippen LogP contribution in [-0.2, 0) is 13.0 Å². The lowest BCUT2D eigenvalue weighted by Crippen LogP contribution is -2.19. The van der Waals surface area contributed by atoms with Crippen molar-refractivity contribution in [2.75, 3.05) is 16.8 Å². The molecular weight excluding hydrogens is 332 g/mol. The van der Waals surface area contributed by atoms with Crippen LogP contribution in [0.15, 0.2) is 66.7 Å². The summed E-state index contributed by atoms with van der Waals surface area (Å²) in [6.07, 6.45) is 1.10. The van der Waals surface area contributed by atoms with Crippen molar-refractivity contribution in [1.29, 1.82) is 0 Å². The molecule has 1 heterocycles. The van der Waals surface area contributed by atoms with Crippen molar-refractivity contribution >= 4 is 17.3 Å². The number of hydrogen-bond acceptors (Lipinski definition) is 2. The summed E-state index contributed by atoms with van der Waals surface area (Å²) in [6.45, 7) is 6.04. The summed E-state index contributed by atoms with van der Waals surface area (Å²) in [6, 6.07) is 22.5. The van der Waals surface area contributed by atoms with Crippen molar-refractivity contribution in [3.8, 4) is 0 Å². The van der Waals surface area contributed by atoms with Crippen LogP contribution >= 0.6 is 0 Å². The van der Waals surface area contributed by atoms with E-state index in [1.54, 1.807) is 0 Å².